The summed E-state index contributed by atoms with van der Waals surface area (Å²) in [5.41, 5.74) is 0.0125. The number of amides is 1. The second-order valence-corrected chi connectivity index (χ2v) is 4.18. The molecule has 1 aliphatic heterocycles. The second-order valence-electron chi connectivity index (χ2n) is 4.18. The normalized spacial score (nSPS) is 19.2. The Morgan fingerprint density at radius 3 is 2.74 bits per heavy atom. The molecule has 2 rings (SSSR count). The van der Waals surface area contributed by atoms with E-state index in [1.807, 2.05) is 0 Å². The topological polar surface area (TPSA) is 50.4 Å². The van der Waals surface area contributed by atoms with E-state index < -0.39 is 12.1 Å². The van der Waals surface area contributed by atoms with Gasteiger partial charge in [-0.2, -0.15) is 0 Å². The molecule has 0 radical (unpaired) electrons. The first-order valence-corrected chi connectivity index (χ1v) is 5.85. The quantitative estimate of drug-likeness (QED) is 0.889. The Morgan fingerprint density at radius 1 is 1.37 bits per heavy atom. The molecule has 0 aromatic heterocycles. The number of anilines is 1. The van der Waals surface area contributed by atoms with Gasteiger partial charge in [0.05, 0.1) is 11.7 Å². The largest absolute Gasteiger partial charge is 0.573 e. The summed E-state index contributed by atoms with van der Waals surface area (Å²) in [6.45, 7) is 0.735. The summed E-state index contributed by atoms with van der Waals surface area (Å²) in [6, 6.07) is 5.10. The van der Waals surface area contributed by atoms with Gasteiger partial charge in [-0.15, -0.1) is 13.2 Å². The first-order valence-electron chi connectivity index (χ1n) is 5.85. The molecule has 0 saturated carbocycles. The number of para-hydroxylation sites is 2. The van der Waals surface area contributed by atoms with Gasteiger partial charge in [0.1, 0.15) is 0 Å². The number of halogens is 3. The molecule has 1 aromatic rings. The molecule has 0 aliphatic carbocycles. The maximum absolute atomic E-state index is 12.2. The van der Waals surface area contributed by atoms with Gasteiger partial charge in [0.25, 0.3) is 0 Å². The summed E-state index contributed by atoms with van der Waals surface area (Å²) in [6.07, 6.45) is -3.24. The third-order valence-corrected chi connectivity index (χ3v) is 2.75. The average molecular weight is 274 g/mol. The Bertz CT molecular complexity index is 457. The number of hydrogen-bond acceptors (Lipinski definition) is 3. The molecule has 0 bridgehead atoms. The molecule has 2 N–H and O–H groups in total. The van der Waals surface area contributed by atoms with E-state index in [1.54, 1.807) is 0 Å². The van der Waals surface area contributed by atoms with Gasteiger partial charge >= 0.3 is 6.36 Å². The number of hydrogen-bond donors (Lipinski definition) is 2. The maximum atomic E-state index is 12.2. The fourth-order valence-electron chi connectivity index (χ4n) is 1.91. The van der Waals surface area contributed by atoms with Crippen LogP contribution < -0.4 is 15.4 Å². The molecule has 1 amide bonds. The van der Waals surface area contributed by atoms with Crippen molar-refractivity contribution in [3.63, 3.8) is 0 Å². The van der Waals surface area contributed by atoms with E-state index in [9.17, 15) is 18.0 Å². The second kappa shape index (κ2) is 5.48. The van der Waals surface area contributed by atoms with E-state index in [0.717, 1.165) is 19.0 Å². The monoisotopic (exact) mass is 274 g/mol. The number of rotatable bonds is 3. The molecule has 4 nitrogen and oxygen atoms in total. The fourth-order valence-corrected chi connectivity index (χ4v) is 1.91. The Hall–Kier alpha value is -1.76. The van der Waals surface area contributed by atoms with Crippen LogP contribution in [-0.4, -0.2) is 24.9 Å². The number of carbonyl (C=O) groups is 1. The lowest BCUT2D eigenvalue weighted by Crippen LogP contribution is -2.35. The van der Waals surface area contributed by atoms with E-state index in [2.05, 4.69) is 15.4 Å². The van der Waals surface area contributed by atoms with Crippen LogP contribution in [0.4, 0.5) is 18.9 Å². The van der Waals surface area contributed by atoms with E-state index in [1.165, 1.54) is 18.2 Å². The zero-order chi connectivity index (χ0) is 13.9. The Kier molecular flexibility index (Phi) is 3.94. The molecule has 0 spiro atoms. The smallest absolute Gasteiger partial charge is 0.404 e. The van der Waals surface area contributed by atoms with Crippen molar-refractivity contribution in [2.75, 3.05) is 11.9 Å². The number of ether oxygens (including phenoxy) is 1. The summed E-state index contributed by atoms with van der Waals surface area (Å²) >= 11 is 0. The fraction of sp³-hybridized carbons (Fsp3) is 0.417. The van der Waals surface area contributed by atoms with Gasteiger partial charge in [0, 0.05) is 0 Å². The van der Waals surface area contributed by atoms with Crippen LogP contribution in [0.3, 0.4) is 0 Å². The number of nitrogens with one attached hydrogen (secondary N) is 2. The predicted octanol–water partition coefficient (Wildman–Crippen LogP) is 2.28. The van der Waals surface area contributed by atoms with Crippen LogP contribution in [0.2, 0.25) is 0 Å². The molecule has 7 heteroatoms. The third-order valence-electron chi connectivity index (χ3n) is 2.75. The number of benzene rings is 1. The zero-order valence-corrected chi connectivity index (χ0v) is 9.96. The number of carbonyl (C=O) groups excluding carboxylic acids is 1. The Balaban J connectivity index is 2.09. The zero-order valence-electron chi connectivity index (χ0n) is 9.96. The molecule has 104 valence electrons. The molecule has 0 unspecified atom stereocenters. The van der Waals surface area contributed by atoms with Crippen molar-refractivity contribution in [3.8, 4) is 5.75 Å². The van der Waals surface area contributed by atoms with Gasteiger partial charge in [-0.25, -0.2) is 0 Å². The van der Waals surface area contributed by atoms with Crippen LogP contribution in [0.1, 0.15) is 12.8 Å². The van der Waals surface area contributed by atoms with Gasteiger partial charge in [-0.1, -0.05) is 12.1 Å². The lowest BCUT2D eigenvalue weighted by Gasteiger charge is -2.15. The van der Waals surface area contributed by atoms with Crippen LogP contribution in [0.15, 0.2) is 24.3 Å². The molecule has 1 aliphatic rings. The van der Waals surface area contributed by atoms with Crippen molar-refractivity contribution in [2.24, 2.45) is 0 Å². The van der Waals surface area contributed by atoms with Gasteiger partial charge < -0.3 is 15.4 Å². The van der Waals surface area contributed by atoms with Crippen LogP contribution in [0.25, 0.3) is 0 Å². The highest BCUT2D eigenvalue weighted by molar-refractivity contribution is 5.96. The predicted molar refractivity (Wildman–Crippen MR) is 62.8 cm³/mol. The molecule has 1 saturated heterocycles. The van der Waals surface area contributed by atoms with Gasteiger partial charge in [-0.3, -0.25) is 4.79 Å². The highest BCUT2D eigenvalue weighted by Gasteiger charge is 2.32. The van der Waals surface area contributed by atoms with Crippen LogP contribution in [0.5, 0.6) is 5.75 Å². The van der Waals surface area contributed by atoms with Gasteiger partial charge in [-0.05, 0) is 31.5 Å². The SMILES string of the molecule is O=C(Nc1ccccc1OC(F)(F)F)[C@H]1CCCN1. The first kappa shape index (κ1) is 13.7. The Morgan fingerprint density at radius 2 is 2.11 bits per heavy atom. The van der Waals surface area contributed by atoms with Crippen molar-refractivity contribution < 1.29 is 22.7 Å². The average Bonchev–Trinajstić information content (AvgIpc) is 2.83. The van der Waals surface area contributed by atoms with Crippen molar-refractivity contribution in [2.45, 2.75) is 25.2 Å². The molecular formula is C12H13F3N2O2. The molecular weight excluding hydrogens is 261 g/mol. The van der Waals surface area contributed by atoms with Crippen molar-refractivity contribution in [3.05, 3.63) is 24.3 Å². The lowest BCUT2D eigenvalue weighted by molar-refractivity contribution is -0.274. The molecule has 1 heterocycles. The van der Waals surface area contributed by atoms with E-state index in [4.69, 9.17) is 0 Å². The molecule has 1 fully saturated rings. The summed E-state index contributed by atoms with van der Waals surface area (Å²) < 4.78 is 40.5. The highest BCUT2D eigenvalue weighted by atomic mass is 19.4. The van der Waals surface area contributed by atoms with Crippen molar-refractivity contribution in [1.82, 2.24) is 5.32 Å². The van der Waals surface area contributed by atoms with Crippen molar-refractivity contribution in [1.29, 1.82) is 0 Å². The standard InChI is InChI=1S/C12H13F3N2O2/c13-12(14,15)19-10-6-2-1-4-8(10)17-11(18)9-5-3-7-16-9/h1-2,4,6,9,16H,3,5,7H2,(H,17,18)/t9-/m1/s1. The van der Waals surface area contributed by atoms with Gasteiger partial charge in [0.2, 0.25) is 5.91 Å². The van der Waals surface area contributed by atoms with Crippen molar-refractivity contribution >= 4 is 11.6 Å². The summed E-state index contributed by atoms with van der Waals surface area (Å²) in [4.78, 5) is 11.8. The minimum absolute atomic E-state index is 0.0125. The minimum atomic E-state index is -4.79. The van der Waals surface area contributed by atoms with E-state index in [-0.39, 0.29) is 17.6 Å². The van der Waals surface area contributed by atoms with Gasteiger partial charge in [0.15, 0.2) is 5.75 Å². The molecule has 19 heavy (non-hydrogen) atoms. The summed E-state index contributed by atoms with van der Waals surface area (Å²) in [5.74, 6) is -0.767. The minimum Gasteiger partial charge on any atom is -0.404 e. The van der Waals surface area contributed by atoms with Crippen LogP contribution >= 0.6 is 0 Å². The molecule has 1 atom stereocenters. The Labute approximate surface area is 107 Å². The third kappa shape index (κ3) is 3.85. The highest BCUT2D eigenvalue weighted by Crippen LogP contribution is 2.30. The summed E-state index contributed by atoms with van der Waals surface area (Å²) in [7, 11) is 0. The molecule has 1 aromatic carbocycles. The van der Waals surface area contributed by atoms with Crippen LogP contribution in [-0.2, 0) is 4.79 Å². The maximum Gasteiger partial charge on any atom is 0.573 e. The van der Waals surface area contributed by atoms with Crippen LogP contribution in [0, 0.1) is 0 Å². The van der Waals surface area contributed by atoms with E-state index >= 15 is 0 Å². The lowest BCUT2D eigenvalue weighted by atomic mass is 10.2. The summed E-state index contributed by atoms with van der Waals surface area (Å²) in [5, 5.41) is 5.42. The van der Waals surface area contributed by atoms with E-state index in [0.29, 0.717) is 6.42 Å². The first-order chi connectivity index (χ1) is 8.96. The number of alkyl halides is 3.